The summed E-state index contributed by atoms with van der Waals surface area (Å²) in [7, 11) is 0. The highest BCUT2D eigenvalue weighted by atomic mass is 16.3. The number of amides is 1. The molecule has 2 heterocycles. The Kier molecular flexibility index (Phi) is 5.23. The van der Waals surface area contributed by atoms with E-state index in [0.29, 0.717) is 23.7 Å². The molecule has 0 bridgehead atoms. The van der Waals surface area contributed by atoms with Crippen molar-refractivity contribution in [3.63, 3.8) is 0 Å². The minimum atomic E-state index is -0.179. The maximum Gasteiger partial charge on any atom is 0.282 e. The van der Waals surface area contributed by atoms with E-state index in [2.05, 4.69) is 6.07 Å². The highest BCUT2D eigenvalue weighted by Gasteiger charge is 2.35. The van der Waals surface area contributed by atoms with E-state index in [9.17, 15) is 9.90 Å². The van der Waals surface area contributed by atoms with Gasteiger partial charge >= 0.3 is 0 Å². The number of phenols is 1. The standard InChI is InChI=1S/C28H23N3O2/c1-18-8-9-22(19(2)14-18)16-25-28(33)31-17-26(21-10-12-23(32)13-11-21)29-24(27(31)30-25)15-20-6-4-3-5-7-20/h3-14,16-17,32H,15H2,1-2H3/b25-16+. The first-order valence-electron chi connectivity index (χ1n) is 10.8. The summed E-state index contributed by atoms with van der Waals surface area (Å²) in [5, 5.41) is 9.66. The molecule has 2 aliphatic heterocycles. The van der Waals surface area contributed by atoms with Crippen LogP contribution in [0, 0.1) is 13.8 Å². The Morgan fingerprint density at radius 1 is 0.939 bits per heavy atom. The lowest BCUT2D eigenvalue weighted by atomic mass is 10.0. The van der Waals surface area contributed by atoms with Crippen LogP contribution in [0.2, 0.25) is 0 Å². The Balaban J connectivity index is 1.58. The van der Waals surface area contributed by atoms with Gasteiger partial charge in [0.1, 0.15) is 11.4 Å². The van der Waals surface area contributed by atoms with E-state index in [1.807, 2.05) is 62.4 Å². The molecule has 5 rings (SSSR count). The molecule has 162 valence electrons. The number of amidine groups is 1. The molecule has 0 fully saturated rings. The van der Waals surface area contributed by atoms with Crippen molar-refractivity contribution >= 4 is 29.2 Å². The van der Waals surface area contributed by atoms with Crippen molar-refractivity contribution in [1.29, 1.82) is 0 Å². The van der Waals surface area contributed by atoms with Crippen molar-refractivity contribution in [1.82, 2.24) is 4.90 Å². The van der Waals surface area contributed by atoms with E-state index in [0.717, 1.165) is 28.0 Å². The van der Waals surface area contributed by atoms with Crippen molar-refractivity contribution < 1.29 is 9.90 Å². The van der Waals surface area contributed by atoms with Crippen LogP contribution in [0.3, 0.4) is 0 Å². The Morgan fingerprint density at radius 3 is 2.42 bits per heavy atom. The quantitative estimate of drug-likeness (QED) is 0.569. The molecule has 5 nitrogen and oxygen atoms in total. The van der Waals surface area contributed by atoms with Gasteiger partial charge in [0, 0.05) is 18.2 Å². The minimum absolute atomic E-state index is 0.179. The highest BCUT2D eigenvalue weighted by molar-refractivity contribution is 6.48. The number of hydrogen-bond acceptors (Lipinski definition) is 4. The zero-order valence-corrected chi connectivity index (χ0v) is 18.5. The van der Waals surface area contributed by atoms with Crippen molar-refractivity contribution in [2.75, 3.05) is 0 Å². The lowest BCUT2D eigenvalue weighted by Gasteiger charge is -2.22. The molecule has 0 spiro atoms. The number of nitrogens with zero attached hydrogens (tertiary/aromatic N) is 3. The number of benzene rings is 3. The average Bonchev–Trinajstić information content (AvgIpc) is 3.12. The molecule has 5 heteroatoms. The van der Waals surface area contributed by atoms with Gasteiger partial charge in [-0.3, -0.25) is 9.69 Å². The molecule has 0 aromatic heterocycles. The molecule has 3 aromatic carbocycles. The number of carbonyl (C=O) groups excluding carboxylic acids is 1. The second kappa shape index (κ2) is 8.36. The van der Waals surface area contributed by atoms with Gasteiger partial charge in [-0.25, -0.2) is 9.98 Å². The number of aliphatic imine (C=N–C) groups is 2. The molecule has 0 saturated heterocycles. The predicted octanol–water partition coefficient (Wildman–Crippen LogP) is 5.29. The Hall–Kier alpha value is -4.25. The van der Waals surface area contributed by atoms with Crippen LogP contribution in [-0.2, 0) is 11.2 Å². The monoisotopic (exact) mass is 433 g/mol. The van der Waals surface area contributed by atoms with Crippen LogP contribution in [0.1, 0.15) is 27.8 Å². The van der Waals surface area contributed by atoms with Crippen LogP contribution in [0.25, 0.3) is 11.8 Å². The second-order valence-corrected chi connectivity index (χ2v) is 8.28. The first-order chi connectivity index (χ1) is 16.0. The van der Waals surface area contributed by atoms with Gasteiger partial charge in [-0.05, 0) is 60.9 Å². The van der Waals surface area contributed by atoms with Crippen molar-refractivity contribution in [2.24, 2.45) is 9.98 Å². The topological polar surface area (TPSA) is 65.3 Å². The normalized spacial score (nSPS) is 16.4. The number of hydrogen-bond donors (Lipinski definition) is 1. The van der Waals surface area contributed by atoms with E-state index in [4.69, 9.17) is 9.98 Å². The molecule has 0 unspecified atom stereocenters. The molecule has 0 radical (unpaired) electrons. The smallest absolute Gasteiger partial charge is 0.282 e. The number of fused-ring (bicyclic) bond motifs is 1. The summed E-state index contributed by atoms with van der Waals surface area (Å²) >= 11 is 0. The van der Waals surface area contributed by atoms with E-state index >= 15 is 0 Å². The van der Waals surface area contributed by atoms with Crippen molar-refractivity contribution in [2.45, 2.75) is 20.3 Å². The fraction of sp³-hybridized carbons (Fsp3) is 0.107. The lowest BCUT2D eigenvalue weighted by Crippen LogP contribution is -2.36. The predicted molar refractivity (Wildman–Crippen MR) is 132 cm³/mol. The number of rotatable bonds is 4. The average molecular weight is 434 g/mol. The first kappa shape index (κ1) is 20.6. The third-order valence-corrected chi connectivity index (χ3v) is 5.75. The molecule has 0 aliphatic carbocycles. The largest absolute Gasteiger partial charge is 0.508 e. The summed E-state index contributed by atoms with van der Waals surface area (Å²) < 4.78 is 0. The maximum absolute atomic E-state index is 13.4. The van der Waals surface area contributed by atoms with Gasteiger partial charge in [0.15, 0.2) is 5.84 Å². The maximum atomic E-state index is 13.4. The SMILES string of the molecule is Cc1ccc(/C=C2/N=C3C(Cc4ccccc4)=NC(c4ccc(O)cc4)=CN3C2=O)c(C)c1. The molecule has 1 N–H and O–H groups in total. The van der Waals surface area contributed by atoms with E-state index < -0.39 is 0 Å². The summed E-state index contributed by atoms with van der Waals surface area (Å²) in [6.07, 6.45) is 4.12. The third kappa shape index (κ3) is 4.13. The molecule has 1 amide bonds. The lowest BCUT2D eigenvalue weighted by molar-refractivity contribution is -0.120. The molecule has 0 atom stereocenters. The Bertz CT molecular complexity index is 1360. The number of carbonyl (C=O) groups is 1. The summed E-state index contributed by atoms with van der Waals surface area (Å²) in [5.41, 5.74) is 6.92. The minimum Gasteiger partial charge on any atom is -0.508 e. The molecule has 0 saturated carbocycles. The Labute approximate surface area is 192 Å². The molecule has 3 aromatic rings. The van der Waals surface area contributed by atoms with Crippen molar-refractivity contribution in [3.8, 4) is 5.75 Å². The highest BCUT2D eigenvalue weighted by Crippen LogP contribution is 2.29. The van der Waals surface area contributed by atoms with Crippen molar-refractivity contribution in [3.05, 3.63) is 113 Å². The van der Waals surface area contributed by atoms with Crippen LogP contribution in [-0.4, -0.2) is 27.5 Å². The van der Waals surface area contributed by atoms with Crippen LogP contribution in [0.5, 0.6) is 5.75 Å². The van der Waals surface area contributed by atoms with E-state index in [1.54, 1.807) is 35.4 Å². The van der Waals surface area contributed by atoms with Gasteiger partial charge in [-0.1, -0.05) is 54.1 Å². The fourth-order valence-electron chi connectivity index (χ4n) is 4.01. The van der Waals surface area contributed by atoms with Gasteiger partial charge in [0.25, 0.3) is 5.91 Å². The Morgan fingerprint density at radius 2 is 1.70 bits per heavy atom. The zero-order chi connectivity index (χ0) is 22.9. The molecular formula is C28H23N3O2. The van der Waals surface area contributed by atoms with Gasteiger partial charge in [-0.2, -0.15) is 0 Å². The molecular weight excluding hydrogens is 410 g/mol. The zero-order valence-electron chi connectivity index (χ0n) is 18.5. The fourth-order valence-corrected chi connectivity index (χ4v) is 4.01. The summed E-state index contributed by atoms with van der Waals surface area (Å²) in [6.45, 7) is 4.08. The second-order valence-electron chi connectivity index (χ2n) is 8.28. The summed E-state index contributed by atoms with van der Waals surface area (Å²) in [4.78, 5) is 24.5. The van der Waals surface area contributed by atoms with Crippen LogP contribution in [0.4, 0.5) is 0 Å². The molecule has 33 heavy (non-hydrogen) atoms. The third-order valence-electron chi connectivity index (χ3n) is 5.75. The van der Waals surface area contributed by atoms with E-state index in [1.165, 1.54) is 5.56 Å². The van der Waals surface area contributed by atoms with Crippen LogP contribution in [0.15, 0.2) is 94.7 Å². The molecule has 2 aliphatic rings. The number of phenolic OH excluding ortho intramolecular Hbond substituents is 1. The van der Waals surface area contributed by atoms with Gasteiger partial charge < -0.3 is 5.11 Å². The summed E-state index contributed by atoms with van der Waals surface area (Å²) in [6, 6.07) is 23.0. The van der Waals surface area contributed by atoms with Gasteiger partial charge in [0.05, 0.1) is 11.4 Å². The van der Waals surface area contributed by atoms with Crippen LogP contribution < -0.4 is 0 Å². The number of aryl methyl sites for hydroxylation is 2. The van der Waals surface area contributed by atoms with E-state index in [-0.39, 0.29) is 11.7 Å². The number of aromatic hydroxyl groups is 1. The summed E-state index contributed by atoms with van der Waals surface area (Å²) in [5.74, 6) is 0.561. The first-order valence-corrected chi connectivity index (χ1v) is 10.8. The van der Waals surface area contributed by atoms with Crippen LogP contribution >= 0.6 is 0 Å². The van der Waals surface area contributed by atoms with Gasteiger partial charge in [-0.15, -0.1) is 0 Å². The van der Waals surface area contributed by atoms with Gasteiger partial charge in [0.2, 0.25) is 0 Å².